The van der Waals surface area contributed by atoms with Crippen LogP contribution in [0.1, 0.15) is 38.3 Å². The minimum absolute atomic E-state index is 0.0464. The number of rotatable bonds is 10. The van der Waals surface area contributed by atoms with Gasteiger partial charge in [-0.05, 0) is 62.6 Å². The molecule has 0 aromatic heterocycles. The molecule has 0 radical (unpaired) electrons. The van der Waals surface area contributed by atoms with Crippen molar-refractivity contribution in [1.82, 2.24) is 10.2 Å². The molecule has 0 unspecified atom stereocenters. The van der Waals surface area contributed by atoms with Gasteiger partial charge in [0.25, 0.3) is 0 Å². The first-order chi connectivity index (χ1) is 15.8. The molecule has 0 aliphatic rings. The Balaban J connectivity index is 2.43. The van der Waals surface area contributed by atoms with Crippen molar-refractivity contribution in [2.24, 2.45) is 0 Å². The van der Waals surface area contributed by atoms with Gasteiger partial charge in [0.05, 0.1) is 11.9 Å². The molecule has 0 fully saturated rings. The van der Waals surface area contributed by atoms with Gasteiger partial charge in [-0.1, -0.05) is 48.3 Å². The molecule has 2 rings (SSSR count). The van der Waals surface area contributed by atoms with E-state index in [0.717, 1.165) is 17.0 Å². The standard InChI is InChI=1S/C24H31Cl2N3O4S/c1-6-17(3)27-24(31)18(4)28(14-19-9-7-8-10-21(19)26)23(30)15-29(34(5,32)33)22-12-11-20(25)13-16(22)2/h7-13,17-18H,6,14-15H2,1-5H3,(H,27,31)/t17-,18-/m1/s1. The van der Waals surface area contributed by atoms with Gasteiger partial charge in [0, 0.05) is 22.6 Å². The van der Waals surface area contributed by atoms with Crippen LogP contribution in [0.15, 0.2) is 42.5 Å². The van der Waals surface area contributed by atoms with Crippen molar-refractivity contribution in [3.8, 4) is 0 Å². The number of carbonyl (C=O) groups excluding carboxylic acids is 2. The highest BCUT2D eigenvalue weighted by Gasteiger charge is 2.31. The number of sulfonamides is 1. The van der Waals surface area contributed by atoms with E-state index >= 15 is 0 Å². The summed E-state index contributed by atoms with van der Waals surface area (Å²) >= 11 is 12.3. The Morgan fingerprint density at radius 1 is 1.09 bits per heavy atom. The van der Waals surface area contributed by atoms with Crippen LogP contribution in [0.4, 0.5) is 5.69 Å². The summed E-state index contributed by atoms with van der Waals surface area (Å²) in [6.07, 6.45) is 1.76. The Bertz CT molecular complexity index is 1140. The van der Waals surface area contributed by atoms with Crippen LogP contribution in [-0.4, -0.2) is 50.0 Å². The van der Waals surface area contributed by atoms with Crippen molar-refractivity contribution in [2.75, 3.05) is 17.1 Å². The first-order valence-corrected chi connectivity index (χ1v) is 13.5. The Morgan fingerprint density at radius 3 is 2.29 bits per heavy atom. The molecule has 10 heteroatoms. The number of nitrogens with zero attached hydrogens (tertiary/aromatic N) is 2. The summed E-state index contributed by atoms with van der Waals surface area (Å²) in [5.74, 6) is -0.866. The van der Waals surface area contributed by atoms with E-state index in [-0.39, 0.29) is 18.5 Å². The average molecular weight is 529 g/mol. The monoisotopic (exact) mass is 527 g/mol. The zero-order valence-electron chi connectivity index (χ0n) is 20.0. The molecule has 0 saturated carbocycles. The van der Waals surface area contributed by atoms with E-state index in [1.165, 1.54) is 4.90 Å². The minimum atomic E-state index is -3.82. The predicted octanol–water partition coefficient (Wildman–Crippen LogP) is 4.40. The second-order valence-corrected chi connectivity index (χ2v) is 11.1. The van der Waals surface area contributed by atoms with Gasteiger partial charge < -0.3 is 10.2 Å². The zero-order valence-corrected chi connectivity index (χ0v) is 22.3. The fourth-order valence-corrected chi connectivity index (χ4v) is 4.68. The van der Waals surface area contributed by atoms with E-state index in [1.807, 2.05) is 13.8 Å². The third-order valence-electron chi connectivity index (χ3n) is 5.57. The van der Waals surface area contributed by atoms with Crippen LogP contribution in [0.3, 0.4) is 0 Å². The van der Waals surface area contributed by atoms with Crippen molar-refractivity contribution in [3.05, 3.63) is 63.6 Å². The quantitative estimate of drug-likeness (QED) is 0.495. The van der Waals surface area contributed by atoms with E-state index in [2.05, 4.69) is 5.32 Å². The van der Waals surface area contributed by atoms with Crippen LogP contribution in [0.2, 0.25) is 10.0 Å². The number of benzene rings is 2. The molecule has 0 aliphatic carbocycles. The van der Waals surface area contributed by atoms with Gasteiger partial charge in [-0.3, -0.25) is 13.9 Å². The van der Waals surface area contributed by atoms with Crippen molar-refractivity contribution >= 4 is 50.7 Å². The van der Waals surface area contributed by atoms with Gasteiger partial charge in [0.1, 0.15) is 12.6 Å². The number of anilines is 1. The summed E-state index contributed by atoms with van der Waals surface area (Å²) in [6, 6.07) is 10.8. The maximum atomic E-state index is 13.5. The predicted molar refractivity (Wildman–Crippen MR) is 138 cm³/mol. The minimum Gasteiger partial charge on any atom is -0.352 e. The summed E-state index contributed by atoms with van der Waals surface area (Å²) in [7, 11) is -3.82. The largest absolute Gasteiger partial charge is 0.352 e. The molecule has 7 nitrogen and oxygen atoms in total. The van der Waals surface area contributed by atoms with Crippen molar-refractivity contribution in [1.29, 1.82) is 0 Å². The SMILES string of the molecule is CC[C@@H](C)NC(=O)[C@@H](C)N(Cc1ccccc1Cl)C(=O)CN(c1ccc(Cl)cc1C)S(C)(=O)=O. The molecule has 0 heterocycles. The lowest BCUT2D eigenvalue weighted by Gasteiger charge is -2.32. The lowest BCUT2D eigenvalue weighted by atomic mass is 10.1. The van der Waals surface area contributed by atoms with E-state index in [0.29, 0.717) is 26.9 Å². The normalized spacial score (nSPS) is 13.1. The van der Waals surface area contributed by atoms with Gasteiger partial charge in [-0.2, -0.15) is 0 Å². The fourth-order valence-electron chi connectivity index (χ4n) is 3.35. The topological polar surface area (TPSA) is 86.8 Å². The summed E-state index contributed by atoms with van der Waals surface area (Å²) in [6.45, 7) is 6.72. The molecule has 0 saturated heterocycles. The van der Waals surface area contributed by atoms with E-state index in [1.54, 1.807) is 56.3 Å². The van der Waals surface area contributed by atoms with E-state index in [4.69, 9.17) is 23.2 Å². The molecule has 2 amide bonds. The van der Waals surface area contributed by atoms with Crippen LogP contribution >= 0.6 is 23.2 Å². The lowest BCUT2D eigenvalue weighted by Crippen LogP contribution is -2.52. The number of hydrogen-bond acceptors (Lipinski definition) is 4. The summed E-state index contributed by atoms with van der Waals surface area (Å²) in [5, 5.41) is 3.79. The Kier molecular flexibility index (Phi) is 9.79. The third kappa shape index (κ3) is 7.35. The molecule has 2 aromatic rings. The number of carbonyl (C=O) groups is 2. The second-order valence-electron chi connectivity index (χ2n) is 8.31. The molecule has 1 N–H and O–H groups in total. The van der Waals surface area contributed by atoms with E-state index < -0.39 is 28.5 Å². The van der Waals surface area contributed by atoms with Crippen molar-refractivity contribution in [2.45, 2.75) is 52.7 Å². The number of aryl methyl sites for hydroxylation is 1. The first kappa shape index (κ1) is 28.0. The number of nitrogens with one attached hydrogen (secondary N) is 1. The summed E-state index contributed by atoms with van der Waals surface area (Å²) < 4.78 is 26.3. The van der Waals surface area contributed by atoms with Gasteiger partial charge in [-0.25, -0.2) is 8.42 Å². The molecule has 0 bridgehead atoms. The summed E-state index contributed by atoms with van der Waals surface area (Å²) in [5.41, 5.74) is 1.59. The number of halogens is 2. The molecular formula is C24H31Cl2N3O4S. The zero-order chi connectivity index (χ0) is 25.6. The Hall–Kier alpha value is -2.29. The fraction of sp³-hybridized carbons (Fsp3) is 0.417. The van der Waals surface area contributed by atoms with Crippen molar-refractivity contribution < 1.29 is 18.0 Å². The van der Waals surface area contributed by atoms with Gasteiger partial charge in [0.2, 0.25) is 21.8 Å². The van der Waals surface area contributed by atoms with Crippen LogP contribution < -0.4 is 9.62 Å². The smallest absolute Gasteiger partial charge is 0.244 e. The Morgan fingerprint density at radius 2 is 1.74 bits per heavy atom. The van der Waals surface area contributed by atoms with Gasteiger partial charge in [-0.15, -0.1) is 0 Å². The van der Waals surface area contributed by atoms with Crippen molar-refractivity contribution in [3.63, 3.8) is 0 Å². The molecule has 186 valence electrons. The maximum Gasteiger partial charge on any atom is 0.244 e. The first-order valence-electron chi connectivity index (χ1n) is 10.9. The second kappa shape index (κ2) is 11.9. The molecule has 0 spiro atoms. The number of hydrogen-bond donors (Lipinski definition) is 1. The van der Waals surface area contributed by atoms with Crippen LogP contribution in [0.25, 0.3) is 0 Å². The highest BCUT2D eigenvalue weighted by Crippen LogP contribution is 2.26. The average Bonchev–Trinajstić information content (AvgIpc) is 2.76. The number of amides is 2. The summed E-state index contributed by atoms with van der Waals surface area (Å²) in [4.78, 5) is 27.8. The molecular weight excluding hydrogens is 497 g/mol. The van der Waals surface area contributed by atoms with Gasteiger partial charge in [0.15, 0.2) is 0 Å². The highest BCUT2D eigenvalue weighted by molar-refractivity contribution is 7.92. The lowest BCUT2D eigenvalue weighted by molar-refractivity contribution is -0.139. The van der Waals surface area contributed by atoms with Gasteiger partial charge >= 0.3 is 0 Å². The Labute approximate surface area is 212 Å². The molecule has 2 aromatic carbocycles. The van der Waals surface area contributed by atoms with Crippen LogP contribution in [-0.2, 0) is 26.2 Å². The van der Waals surface area contributed by atoms with E-state index in [9.17, 15) is 18.0 Å². The molecule has 34 heavy (non-hydrogen) atoms. The van der Waals surface area contributed by atoms with Crippen LogP contribution in [0, 0.1) is 6.92 Å². The highest BCUT2D eigenvalue weighted by atomic mass is 35.5. The van der Waals surface area contributed by atoms with Crippen LogP contribution in [0.5, 0.6) is 0 Å². The maximum absolute atomic E-state index is 13.5. The molecule has 2 atom stereocenters. The third-order valence-corrected chi connectivity index (χ3v) is 7.30. The molecule has 0 aliphatic heterocycles.